The van der Waals surface area contributed by atoms with E-state index in [2.05, 4.69) is 5.32 Å². The normalized spacial score (nSPS) is 19.8. The summed E-state index contributed by atoms with van der Waals surface area (Å²) in [7, 11) is 0. The van der Waals surface area contributed by atoms with Gasteiger partial charge < -0.3 is 10.6 Å². The third-order valence-corrected chi connectivity index (χ3v) is 2.41. The van der Waals surface area contributed by atoms with Gasteiger partial charge in [-0.2, -0.15) is 13.2 Å². The minimum Gasteiger partial charge on any atom is -0.322 e. The maximum Gasteiger partial charge on any atom is 0.413 e. The Labute approximate surface area is 93.6 Å². The van der Waals surface area contributed by atoms with Crippen molar-refractivity contribution in [2.24, 2.45) is 0 Å². The molecule has 1 aliphatic rings. The number of amides is 2. The van der Waals surface area contributed by atoms with Gasteiger partial charge in [-0.15, -0.1) is 0 Å². The first kappa shape index (κ1) is 11.1. The molecule has 1 unspecified atom stereocenters. The Morgan fingerprint density at radius 1 is 1.31 bits per heavy atom. The van der Waals surface area contributed by atoms with Crippen molar-refractivity contribution in [1.82, 2.24) is 5.32 Å². The molecule has 1 aliphatic heterocycles. The highest BCUT2D eigenvalue weighted by Crippen LogP contribution is 2.39. The number of nitrogens with one attached hydrogen (secondary N) is 2. The Hall–Kier alpha value is -1.43. The number of anilines is 1. The van der Waals surface area contributed by atoms with Crippen molar-refractivity contribution in [3.63, 3.8) is 0 Å². The van der Waals surface area contributed by atoms with Gasteiger partial charge >= 0.3 is 12.2 Å². The van der Waals surface area contributed by atoms with Crippen LogP contribution in [0.1, 0.15) is 11.6 Å². The predicted octanol–water partition coefficient (Wildman–Crippen LogP) is 3.08. The van der Waals surface area contributed by atoms with Crippen LogP contribution in [-0.2, 0) is 0 Å². The maximum atomic E-state index is 12.6. The van der Waals surface area contributed by atoms with E-state index in [1.807, 2.05) is 5.32 Å². The molecule has 0 fully saturated rings. The number of hydrogen-bond donors (Lipinski definition) is 2. The summed E-state index contributed by atoms with van der Waals surface area (Å²) in [6.45, 7) is 0. The largest absolute Gasteiger partial charge is 0.413 e. The number of hydrogen-bond acceptors (Lipinski definition) is 1. The first-order valence-corrected chi connectivity index (χ1v) is 4.69. The van der Waals surface area contributed by atoms with Gasteiger partial charge in [0.05, 0.1) is 0 Å². The molecule has 2 amide bonds. The lowest BCUT2D eigenvalue weighted by atomic mass is 10.0. The van der Waals surface area contributed by atoms with Gasteiger partial charge in [-0.25, -0.2) is 4.79 Å². The summed E-state index contributed by atoms with van der Waals surface area (Å²) in [4.78, 5) is 11.0. The van der Waals surface area contributed by atoms with Crippen molar-refractivity contribution in [2.75, 3.05) is 5.32 Å². The number of carbonyl (C=O) groups is 1. The number of halogens is 4. The van der Waals surface area contributed by atoms with E-state index in [-0.39, 0.29) is 16.3 Å². The zero-order valence-electron chi connectivity index (χ0n) is 7.73. The van der Waals surface area contributed by atoms with Crippen molar-refractivity contribution in [3.05, 3.63) is 28.8 Å². The summed E-state index contributed by atoms with van der Waals surface area (Å²) in [5, 5.41) is 4.35. The molecule has 0 radical (unpaired) electrons. The van der Waals surface area contributed by atoms with Gasteiger partial charge in [0.2, 0.25) is 0 Å². The standard InChI is InChI=1S/C9H6ClF3N2O/c10-4-1-2-5-6(3-4)14-8(16)15-7(5)9(11,12)13/h1-3,7H,(H2,14,15,16). The Bertz CT molecular complexity index is 447. The first-order valence-electron chi connectivity index (χ1n) is 4.31. The van der Waals surface area contributed by atoms with Crippen molar-refractivity contribution < 1.29 is 18.0 Å². The fourth-order valence-corrected chi connectivity index (χ4v) is 1.69. The molecule has 2 rings (SSSR count). The number of fused-ring (bicyclic) bond motifs is 1. The number of carbonyl (C=O) groups excluding carboxylic acids is 1. The maximum absolute atomic E-state index is 12.6. The van der Waals surface area contributed by atoms with Crippen LogP contribution < -0.4 is 10.6 Å². The molecule has 3 nitrogen and oxygen atoms in total. The van der Waals surface area contributed by atoms with E-state index in [4.69, 9.17) is 11.6 Å². The van der Waals surface area contributed by atoms with Crippen LogP contribution in [0.2, 0.25) is 5.02 Å². The van der Waals surface area contributed by atoms with Crippen molar-refractivity contribution in [1.29, 1.82) is 0 Å². The van der Waals surface area contributed by atoms with E-state index in [1.54, 1.807) is 0 Å². The second-order valence-corrected chi connectivity index (χ2v) is 3.74. The summed E-state index contributed by atoms with van der Waals surface area (Å²) in [6.07, 6.45) is -4.53. The predicted molar refractivity (Wildman–Crippen MR) is 52.4 cm³/mol. The Morgan fingerprint density at radius 3 is 2.62 bits per heavy atom. The fourth-order valence-electron chi connectivity index (χ4n) is 1.51. The third-order valence-electron chi connectivity index (χ3n) is 2.18. The molecule has 0 bridgehead atoms. The van der Waals surface area contributed by atoms with E-state index in [0.717, 1.165) is 0 Å². The van der Waals surface area contributed by atoms with Crippen LogP contribution in [0.15, 0.2) is 18.2 Å². The average Bonchev–Trinajstić information content (AvgIpc) is 2.14. The van der Waals surface area contributed by atoms with Crippen molar-refractivity contribution in [3.8, 4) is 0 Å². The zero-order chi connectivity index (χ0) is 11.9. The van der Waals surface area contributed by atoms with Crippen LogP contribution in [0.5, 0.6) is 0 Å². The summed E-state index contributed by atoms with van der Waals surface area (Å²) in [5.41, 5.74) is 0.0371. The minimum absolute atomic E-state index is 0.0449. The Morgan fingerprint density at radius 2 is 2.00 bits per heavy atom. The van der Waals surface area contributed by atoms with Gasteiger partial charge in [0.15, 0.2) is 6.04 Å². The summed E-state index contributed by atoms with van der Waals surface area (Å²) < 4.78 is 37.9. The minimum atomic E-state index is -4.53. The quantitative estimate of drug-likeness (QED) is 0.730. The number of alkyl halides is 3. The van der Waals surface area contributed by atoms with E-state index in [1.165, 1.54) is 18.2 Å². The van der Waals surface area contributed by atoms with Crippen LogP contribution >= 0.6 is 11.6 Å². The molecule has 0 aromatic heterocycles. The van der Waals surface area contributed by atoms with E-state index >= 15 is 0 Å². The smallest absolute Gasteiger partial charge is 0.322 e. The molecule has 0 spiro atoms. The fraction of sp³-hybridized carbons (Fsp3) is 0.222. The van der Waals surface area contributed by atoms with E-state index in [9.17, 15) is 18.0 Å². The lowest BCUT2D eigenvalue weighted by Gasteiger charge is -2.28. The van der Waals surface area contributed by atoms with Crippen LogP contribution in [0.3, 0.4) is 0 Å². The lowest BCUT2D eigenvalue weighted by molar-refractivity contribution is -0.155. The van der Waals surface area contributed by atoms with Gasteiger partial charge in [0.25, 0.3) is 0 Å². The summed E-state index contributed by atoms with van der Waals surface area (Å²) in [6, 6.07) is 0.986. The lowest BCUT2D eigenvalue weighted by Crippen LogP contribution is -2.44. The molecule has 0 saturated carbocycles. The van der Waals surface area contributed by atoms with Crippen LogP contribution in [-0.4, -0.2) is 12.2 Å². The van der Waals surface area contributed by atoms with Crippen molar-refractivity contribution in [2.45, 2.75) is 12.2 Å². The molecule has 1 aromatic rings. The molecule has 16 heavy (non-hydrogen) atoms. The number of benzene rings is 1. The second-order valence-electron chi connectivity index (χ2n) is 3.30. The molecule has 2 N–H and O–H groups in total. The van der Waals surface area contributed by atoms with Gasteiger partial charge in [0.1, 0.15) is 0 Å². The Balaban J connectivity index is 2.50. The molecule has 0 aliphatic carbocycles. The zero-order valence-corrected chi connectivity index (χ0v) is 8.49. The van der Waals surface area contributed by atoms with Crippen LogP contribution in [0, 0.1) is 0 Å². The second kappa shape index (κ2) is 3.55. The molecule has 1 atom stereocenters. The van der Waals surface area contributed by atoms with Gasteiger partial charge in [0, 0.05) is 16.3 Å². The molecular weight excluding hydrogens is 245 g/mol. The first-order chi connectivity index (χ1) is 7.38. The van der Waals surface area contributed by atoms with E-state index < -0.39 is 18.2 Å². The highest BCUT2D eigenvalue weighted by Gasteiger charge is 2.45. The summed E-state index contributed by atoms with van der Waals surface area (Å²) in [5.74, 6) is 0. The molecule has 1 aromatic carbocycles. The molecule has 1 heterocycles. The highest BCUT2D eigenvalue weighted by atomic mass is 35.5. The topological polar surface area (TPSA) is 41.1 Å². The van der Waals surface area contributed by atoms with Gasteiger partial charge in [-0.05, 0) is 12.1 Å². The van der Waals surface area contributed by atoms with Crippen LogP contribution in [0.4, 0.5) is 23.7 Å². The molecule has 7 heteroatoms. The highest BCUT2D eigenvalue weighted by molar-refractivity contribution is 6.31. The van der Waals surface area contributed by atoms with Crippen LogP contribution in [0.25, 0.3) is 0 Å². The third kappa shape index (κ3) is 1.92. The van der Waals surface area contributed by atoms with Crippen molar-refractivity contribution >= 4 is 23.3 Å². The molecular formula is C9H6ClF3N2O. The SMILES string of the molecule is O=C1Nc2cc(Cl)ccc2C(C(F)(F)F)N1. The average molecular weight is 251 g/mol. The van der Waals surface area contributed by atoms with E-state index in [0.29, 0.717) is 0 Å². The van der Waals surface area contributed by atoms with Gasteiger partial charge in [-0.1, -0.05) is 17.7 Å². The molecule has 0 saturated heterocycles. The number of rotatable bonds is 0. The number of urea groups is 1. The summed E-state index contributed by atoms with van der Waals surface area (Å²) >= 11 is 5.63. The molecule has 86 valence electrons. The van der Waals surface area contributed by atoms with Gasteiger partial charge in [-0.3, -0.25) is 0 Å². The monoisotopic (exact) mass is 250 g/mol. The Kier molecular flexibility index (Phi) is 2.46.